The van der Waals surface area contributed by atoms with Crippen LogP contribution >= 0.6 is 0 Å². The summed E-state index contributed by atoms with van der Waals surface area (Å²) in [5, 5.41) is 2.70. The van der Waals surface area contributed by atoms with Gasteiger partial charge in [0.2, 0.25) is 5.91 Å². The number of para-hydroxylation sites is 1. The molecule has 9 heteroatoms. The summed E-state index contributed by atoms with van der Waals surface area (Å²) < 4.78 is 1.31. The van der Waals surface area contributed by atoms with E-state index in [2.05, 4.69) is 10.3 Å². The molecule has 0 spiro atoms. The van der Waals surface area contributed by atoms with Gasteiger partial charge in [-0.2, -0.15) is 0 Å². The molecule has 1 heterocycles. The minimum absolute atomic E-state index is 0.0333. The van der Waals surface area contributed by atoms with Crippen LogP contribution in [0.2, 0.25) is 0 Å². The van der Waals surface area contributed by atoms with Crippen LogP contribution in [-0.2, 0) is 11.3 Å². The van der Waals surface area contributed by atoms with Crippen LogP contribution in [0.25, 0.3) is 0 Å². The Kier molecular flexibility index (Phi) is 7.35. The second-order valence-electron chi connectivity index (χ2n) is 6.66. The zero-order chi connectivity index (χ0) is 21.6. The fourth-order valence-corrected chi connectivity index (χ4v) is 3.03. The van der Waals surface area contributed by atoms with E-state index >= 15 is 0 Å². The zero-order valence-electron chi connectivity index (χ0n) is 16.9. The van der Waals surface area contributed by atoms with Crippen molar-refractivity contribution in [2.75, 3.05) is 29.0 Å². The zero-order valence-corrected chi connectivity index (χ0v) is 16.9. The Labute approximate surface area is 168 Å². The van der Waals surface area contributed by atoms with Crippen molar-refractivity contribution in [1.29, 1.82) is 0 Å². The summed E-state index contributed by atoms with van der Waals surface area (Å²) in [6.07, 6.45) is 1.58. The van der Waals surface area contributed by atoms with Crippen molar-refractivity contribution >= 4 is 28.9 Å². The third-order valence-electron chi connectivity index (χ3n) is 4.56. The molecule has 1 aromatic heterocycles. The molecule has 9 nitrogen and oxygen atoms in total. The predicted octanol–water partition coefficient (Wildman–Crippen LogP) is 1.59. The first kappa shape index (κ1) is 21.9. The maximum Gasteiger partial charge on any atom is 0.330 e. The molecule has 0 bridgehead atoms. The molecule has 0 aliphatic carbocycles. The van der Waals surface area contributed by atoms with E-state index in [9.17, 15) is 19.2 Å². The first-order chi connectivity index (χ1) is 13.8. The number of carbonyl (C=O) groups is 2. The maximum atomic E-state index is 12.6. The van der Waals surface area contributed by atoms with Crippen molar-refractivity contribution in [1.82, 2.24) is 9.55 Å². The standard InChI is InChI=1S/C20H27N5O4/c1-4-6-11-25-18(21)17(19(28)23-20(25)29)24(5-2)12-16(27)22-15-10-8-7-9-14(15)13(3)26/h7-10H,4-6,11-12,21H2,1-3H3,(H,22,27)(H,23,28,29). The molecule has 0 atom stereocenters. The number of likely N-dealkylation sites (N-methyl/N-ethyl adjacent to an activating group) is 1. The third-order valence-corrected chi connectivity index (χ3v) is 4.56. The fraction of sp³-hybridized carbons (Fsp3) is 0.400. The van der Waals surface area contributed by atoms with E-state index in [0.717, 1.165) is 12.8 Å². The number of benzene rings is 1. The summed E-state index contributed by atoms with van der Waals surface area (Å²) in [6.45, 7) is 5.71. The number of hydrogen-bond acceptors (Lipinski definition) is 6. The summed E-state index contributed by atoms with van der Waals surface area (Å²) >= 11 is 0. The summed E-state index contributed by atoms with van der Waals surface area (Å²) in [5.74, 6) is -0.548. The monoisotopic (exact) mass is 401 g/mol. The highest BCUT2D eigenvalue weighted by molar-refractivity contribution is 6.04. The summed E-state index contributed by atoms with van der Waals surface area (Å²) in [7, 11) is 0. The minimum atomic E-state index is -0.640. The van der Waals surface area contributed by atoms with Crippen molar-refractivity contribution in [3.63, 3.8) is 0 Å². The SMILES string of the molecule is CCCCn1c(N)c(N(CC)CC(=O)Nc2ccccc2C(C)=O)c(=O)[nH]c1=O. The lowest BCUT2D eigenvalue weighted by Crippen LogP contribution is -2.41. The Morgan fingerprint density at radius 3 is 2.52 bits per heavy atom. The van der Waals surface area contributed by atoms with Crippen molar-refractivity contribution in [2.24, 2.45) is 0 Å². The topological polar surface area (TPSA) is 130 Å². The van der Waals surface area contributed by atoms with Gasteiger partial charge in [0.1, 0.15) is 11.5 Å². The van der Waals surface area contributed by atoms with Crippen LogP contribution in [0.3, 0.4) is 0 Å². The third kappa shape index (κ3) is 5.13. The van der Waals surface area contributed by atoms with Crippen LogP contribution in [0.15, 0.2) is 33.9 Å². The highest BCUT2D eigenvalue weighted by Crippen LogP contribution is 2.18. The fourth-order valence-electron chi connectivity index (χ4n) is 3.03. The Morgan fingerprint density at radius 1 is 1.21 bits per heavy atom. The molecule has 2 aromatic rings. The van der Waals surface area contributed by atoms with E-state index in [1.54, 1.807) is 31.2 Å². The van der Waals surface area contributed by atoms with Gasteiger partial charge in [0, 0.05) is 18.7 Å². The molecule has 0 saturated heterocycles. The number of Topliss-reactive ketones (excluding diaryl/α,β-unsaturated/α-hetero) is 1. The number of hydrogen-bond donors (Lipinski definition) is 3. The lowest BCUT2D eigenvalue weighted by molar-refractivity contribution is -0.115. The van der Waals surface area contributed by atoms with Gasteiger partial charge < -0.3 is 16.0 Å². The van der Waals surface area contributed by atoms with Gasteiger partial charge >= 0.3 is 5.69 Å². The molecule has 0 radical (unpaired) electrons. The Morgan fingerprint density at radius 2 is 1.90 bits per heavy atom. The quantitative estimate of drug-likeness (QED) is 0.547. The highest BCUT2D eigenvalue weighted by Gasteiger charge is 2.20. The van der Waals surface area contributed by atoms with Gasteiger partial charge in [0.05, 0.1) is 12.2 Å². The lowest BCUT2D eigenvalue weighted by atomic mass is 10.1. The number of aromatic amines is 1. The van der Waals surface area contributed by atoms with E-state index in [4.69, 9.17) is 5.73 Å². The first-order valence-corrected chi connectivity index (χ1v) is 9.57. The number of unbranched alkanes of at least 4 members (excludes halogenated alkanes) is 1. The number of carbonyl (C=O) groups excluding carboxylic acids is 2. The van der Waals surface area contributed by atoms with Crippen LogP contribution < -0.4 is 27.2 Å². The molecule has 2 rings (SSSR count). The summed E-state index contributed by atoms with van der Waals surface area (Å²) in [4.78, 5) is 52.6. The first-order valence-electron chi connectivity index (χ1n) is 9.57. The number of ketones is 1. The van der Waals surface area contributed by atoms with Gasteiger partial charge in [-0.05, 0) is 32.4 Å². The van der Waals surface area contributed by atoms with Gasteiger partial charge in [0.15, 0.2) is 5.78 Å². The second kappa shape index (κ2) is 9.72. The van der Waals surface area contributed by atoms with Crippen molar-refractivity contribution < 1.29 is 9.59 Å². The Hall–Kier alpha value is -3.36. The van der Waals surface area contributed by atoms with Gasteiger partial charge in [-0.3, -0.25) is 23.9 Å². The highest BCUT2D eigenvalue weighted by atomic mass is 16.2. The average Bonchev–Trinajstić information content (AvgIpc) is 2.67. The van der Waals surface area contributed by atoms with Crippen molar-refractivity contribution in [3.8, 4) is 0 Å². The lowest BCUT2D eigenvalue weighted by Gasteiger charge is -2.24. The second-order valence-corrected chi connectivity index (χ2v) is 6.66. The molecule has 0 aliphatic rings. The normalized spacial score (nSPS) is 10.6. The number of aromatic nitrogens is 2. The van der Waals surface area contributed by atoms with E-state index in [0.29, 0.717) is 24.3 Å². The molecule has 1 aromatic carbocycles. The number of anilines is 3. The van der Waals surface area contributed by atoms with Gasteiger partial charge in [0.25, 0.3) is 5.56 Å². The molecule has 1 amide bonds. The largest absolute Gasteiger partial charge is 0.383 e. The van der Waals surface area contributed by atoms with Crippen LogP contribution in [0.5, 0.6) is 0 Å². The van der Waals surface area contributed by atoms with Crippen LogP contribution in [0.1, 0.15) is 44.0 Å². The summed E-state index contributed by atoms with van der Waals surface area (Å²) in [5.41, 5.74) is 5.79. The number of nitrogens with zero attached hydrogens (tertiary/aromatic N) is 2. The van der Waals surface area contributed by atoms with Crippen molar-refractivity contribution in [2.45, 2.75) is 40.2 Å². The molecule has 29 heavy (non-hydrogen) atoms. The van der Waals surface area contributed by atoms with Crippen LogP contribution in [-0.4, -0.2) is 34.3 Å². The number of nitrogens with one attached hydrogen (secondary N) is 2. The van der Waals surface area contributed by atoms with E-state index in [-0.39, 0.29) is 23.8 Å². The predicted molar refractivity (Wildman–Crippen MR) is 114 cm³/mol. The molecule has 0 aliphatic heterocycles. The number of nitrogen functional groups attached to an aromatic ring is 1. The average molecular weight is 401 g/mol. The Balaban J connectivity index is 2.31. The Bertz CT molecular complexity index is 1010. The van der Waals surface area contributed by atoms with Gasteiger partial charge in [-0.1, -0.05) is 25.5 Å². The molecule has 4 N–H and O–H groups in total. The van der Waals surface area contributed by atoms with Gasteiger partial charge in [-0.15, -0.1) is 0 Å². The van der Waals surface area contributed by atoms with E-state index in [1.165, 1.54) is 16.4 Å². The number of H-pyrrole nitrogens is 1. The van der Waals surface area contributed by atoms with E-state index < -0.39 is 17.2 Å². The van der Waals surface area contributed by atoms with E-state index in [1.807, 2.05) is 6.92 Å². The number of amides is 1. The van der Waals surface area contributed by atoms with Crippen LogP contribution in [0.4, 0.5) is 17.2 Å². The molecule has 0 unspecified atom stereocenters. The molecule has 156 valence electrons. The molecular formula is C20H27N5O4. The molecule has 0 saturated carbocycles. The molecule has 0 fully saturated rings. The summed E-state index contributed by atoms with van der Waals surface area (Å²) in [6, 6.07) is 6.69. The molecular weight excluding hydrogens is 374 g/mol. The van der Waals surface area contributed by atoms with Crippen molar-refractivity contribution in [3.05, 3.63) is 50.7 Å². The minimum Gasteiger partial charge on any atom is -0.383 e. The van der Waals surface area contributed by atoms with Crippen LogP contribution in [0, 0.1) is 0 Å². The maximum absolute atomic E-state index is 12.6. The van der Waals surface area contributed by atoms with Gasteiger partial charge in [-0.25, -0.2) is 4.79 Å². The smallest absolute Gasteiger partial charge is 0.330 e. The number of rotatable bonds is 9. The number of nitrogens with two attached hydrogens (primary N) is 1.